The van der Waals surface area contributed by atoms with Crippen molar-refractivity contribution < 1.29 is 13.9 Å². The number of amides is 1. The Balaban J connectivity index is 1.52. The van der Waals surface area contributed by atoms with Gasteiger partial charge >= 0.3 is 0 Å². The lowest BCUT2D eigenvalue weighted by atomic mass is 10.0. The molecule has 11 heteroatoms. The van der Waals surface area contributed by atoms with Crippen LogP contribution < -0.4 is 10.6 Å². The number of hydrogen-bond donors (Lipinski definition) is 3. The predicted molar refractivity (Wildman–Crippen MR) is 132 cm³/mol. The Hall–Kier alpha value is -3.59. The molecule has 35 heavy (non-hydrogen) atoms. The lowest BCUT2D eigenvalue weighted by Gasteiger charge is -2.24. The van der Waals surface area contributed by atoms with Crippen LogP contribution in [-0.4, -0.2) is 41.7 Å². The van der Waals surface area contributed by atoms with Crippen molar-refractivity contribution in [3.05, 3.63) is 80.8 Å². The van der Waals surface area contributed by atoms with Gasteiger partial charge in [0, 0.05) is 47.1 Å². The molecule has 1 aliphatic heterocycles. The van der Waals surface area contributed by atoms with Crippen molar-refractivity contribution in [3.8, 4) is 11.1 Å². The summed E-state index contributed by atoms with van der Waals surface area (Å²) < 4.78 is 19.3. The summed E-state index contributed by atoms with van der Waals surface area (Å²) in [4.78, 5) is 23.2. The summed E-state index contributed by atoms with van der Waals surface area (Å²) in [7, 11) is 0. The minimum atomic E-state index is -0.753. The van der Waals surface area contributed by atoms with E-state index in [0.717, 1.165) is 54.6 Å². The van der Waals surface area contributed by atoms with Crippen molar-refractivity contribution in [1.82, 2.24) is 15.3 Å². The number of rotatable bonds is 8. The van der Waals surface area contributed by atoms with Crippen molar-refractivity contribution >= 4 is 23.3 Å². The Morgan fingerprint density at radius 3 is 2.89 bits per heavy atom. The van der Waals surface area contributed by atoms with Crippen LogP contribution in [0.15, 0.2) is 47.8 Å². The molecular formula is C24H25ClFN7O2. The van der Waals surface area contributed by atoms with E-state index in [0.29, 0.717) is 17.3 Å². The highest BCUT2D eigenvalue weighted by Crippen LogP contribution is 2.27. The maximum absolute atomic E-state index is 13.9. The van der Waals surface area contributed by atoms with Crippen LogP contribution in [0.2, 0.25) is 5.02 Å². The molecule has 1 saturated heterocycles. The van der Waals surface area contributed by atoms with Gasteiger partial charge in [0.15, 0.2) is 0 Å². The molecule has 1 aliphatic rings. The Bertz CT molecular complexity index is 1230. The van der Waals surface area contributed by atoms with E-state index in [-0.39, 0.29) is 11.6 Å². The molecule has 1 aromatic carbocycles. The van der Waals surface area contributed by atoms with Crippen LogP contribution in [0.25, 0.3) is 21.6 Å². The van der Waals surface area contributed by atoms with Gasteiger partial charge in [0.2, 0.25) is 0 Å². The first kappa shape index (κ1) is 24.5. The molecule has 0 unspecified atom stereocenters. The van der Waals surface area contributed by atoms with Gasteiger partial charge in [0.1, 0.15) is 17.3 Å². The zero-order valence-electron chi connectivity index (χ0n) is 19.1. The number of hydrogen-bond acceptors (Lipinski definition) is 5. The number of aromatic amines is 1. The smallest absolute Gasteiger partial charge is 0.268 e. The maximum Gasteiger partial charge on any atom is 0.268 e. The fourth-order valence-corrected chi connectivity index (χ4v) is 4.24. The highest BCUT2D eigenvalue weighted by molar-refractivity contribution is 6.30. The van der Waals surface area contributed by atoms with E-state index in [1.54, 1.807) is 18.5 Å². The van der Waals surface area contributed by atoms with E-state index < -0.39 is 17.8 Å². The van der Waals surface area contributed by atoms with Gasteiger partial charge in [-0.3, -0.25) is 4.79 Å². The van der Waals surface area contributed by atoms with Gasteiger partial charge in [-0.15, -0.1) is 0 Å². The van der Waals surface area contributed by atoms with Crippen LogP contribution in [0.3, 0.4) is 0 Å². The van der Waals surface area contributed by atoms with Gasteiger partial charge < -0.3 is 20.4 Å². The Kier molecular flexibility index (Phi) is 7.87. The summed E-state index contributed by atoms with van der Waals surface area (Å²) in [6, 6.07) is 7.19. The average molecular weight is 498 g/mol. The first-order valence-corrected chi connectivity index (χ1v) is 11.6. The lowest BCUT2D eigenvalue weighted by Crippen LogP contribution is -2.30. The molecule has 4 rings (SSSR count). The highest BCUT2D eigenvalue weighted by Gasteiger charge is 2.19. The van der Waals surface area contributed by atoms with Crippen molar-refractivity contribution in [2.45, 2.75) is 31.8 Å². The lowest BCUT2D eigenvalue weighted by molar-refractivity contribution is 0.0903. The summed E-state index contributed by atoms with van der Waals surface area (Å²) in [5.41, 5.74) is 12.2. The standard InChI is InChI=1S/C24H25ClFN7O2/c1-14-11-29-23(31-19-2-4-35-5-3-19)10-20(14)16-8-21(28-12-16)24(34)32-22(13-30-33-27)15-6-17(25)9-18(26)7-15/h6-12,19,22,28H,2-5,13H2,1H3,(H,29,31)(H,32,34)/t22-/m1/s1. The Labute approximate surface area is 206 Å². The average Bonchev–Trinajstić information content (AvgIpc) is 3.33. The molecule has 0 aliphatic carbocycles. The van der Waals surface area contributed by atoms with Crippen LogP contribution in [0.5, 0.6) is 0 Å². The number of carbonyl (C=O) groups is 1. The normalized spacial score (nSPS) is 14.7. The van der Waals surface area contributed by atoms with Crippen molar-refractivity contribution in [2.24, 2.45) is 5.11 Å². The summed E-state index contributed by atoms with van der Waals surface area (Å²) in [6.07, 6.45) is 5.39. The molecule has 1 amide bonds. The second-order valence-corrected chi connectivity index (χ2v) is 8.80. The van der Waals surface area contributed by atoms with E-state index in [9.17, 15) is 9.18 Å². The van der Waals surface area contributed by atoms with E-state index in [1.165, 1.54) is 12.1 Å². The van der Waals surface area contributed by atoms with Gasteiger partial charge in [-0.2, -0.15) is 0 Å². The number of aryl methyl sites for hydroxylation is 1. The molecule has 182 valence electrons. The van der Waals surface area contributed by atoms with Gasteiger partial charge in [-0.25, -0.2) is 9.37 Å². The van der Waals surface area contributed by atoms with Crippen molar-refractivity contribution in [2.75, 3.05) is 25.1 Å². The molecule has 0 spiro atoms. The monoisotopic (exact) mass is 497 g/mol. The third kappa shape index (κ3) is 6.30. The third-order valence-corrected chi connectivity index (χ3v) is 6.05. The van der Waals surface area contributed by atoms with E-state index in [4.69, 9.17) is 21.9 Å². The molecule has 3 N–H and O–H groups in total. The van der Waals surface area contributed by atoms with Crippen molar-refractivity contribution in [1.29, 1.82) is 0 Å². The summed E-state index contributed by atoms with van der Waals surface area (Å²) in [5.74, 6) is -0.211. The van der Waals surface area contributed by atoms with E-state index in [2.05, 4.69) is 30.6 Å². The molecule has 1 atom stereocenters. The zero-order chi connectivity index (χ0) is 24.8. The number of carbonyl (C=O) groups excluding carboxylic acids is 1. The summed E-state index contributed by atoms with van der Waals surface area (Å²) in [6.45, 7) is 3.32. The first-order chi connectivity index (χ1) is 16.9. The topological polar surface area (TPSA) is 128 Å². The molecule has 2 aromatic heterocycles. The number of pyridine rings is 1. The second kappa shape index (κ2) is 11.2. The minimum absolute atomic E-state index is 0.0969. The van der Waals surface area contributed by atoms with Crippen molar-refractivity contribution in [3.63, 3.8) is 0 Å². The molecule has 3 aromatic rings. The Morgan fingerprint density at radius 1 is 1.34 bits per heavy atom. The fraction of sp³-hybridized carbons (Fsp3) is 0.333. The second-order valence-electron chi connectivity index (χ2n) is 8.36. The molecule has 3 heterocycles. The molecule has 1 fully saturated rings. The number of ether oxygens (including phenoxy) is 1. The van der Waals surface area contributed by atoms with Crippen LogP contribution in [-0.2, 0) is 4.74 Å². The molecule has 0 bridgehead atoms. The van der Waals surface area contributed by atoms with Gasteiger partial charge in [-0.1, -0.05) is 16.7 Å². The molecule has 0 radical (unpaired) electrons. The van der Waals surface area contributed by atoms with Gasteiger partial charge in [0.05, 0.1) is 12.6 Å². The minimum Gasteiger partial charge on any atom is -0.381 e. The van der Waals surface area contributed by atoms with Crippen LogP contribution in [0, 0.1) is 12.7 Å². The number of aromatic nitrogens is 2. The Morgan fingerprint density at radius 2 is 2.14 bits per heavy atom. The number of H-pyrrole nitrogens is 1. The number of benzene rings is 1. The SMILES string of the molecule is Cc1cnc(NC2CCOCC2)cc1-c1c[nH]c(C(=O)N[C@H](CN=[N+]=[N-])c2cc(F)cc(Cl)c2)c1. The summed E-state index contributed by atoms with van der Waals surface area (Å²) >= 11 is 5.96. The van der Waals surface area contributed by atoms with Crippen LogP contribution in [0.1, 0.15) is 40.5 Å². The highest BCUT2D eigenvalue weighted by atomic mass is 35.5. The van der Waals surface area contributed by atoms with E-state index >= 15 is 0 Å². The molecular weight excluding hydrogens is 473 g/mol. The first-order valence-electron chi connectivity index (χ1n) is 11.2. The fourth-order valence-electron chi connectivity index (χ4n) is 4.01. The zero-order valence-corrected chi connectivity index (χ0v) is 19.8. The predicted octanol–water partition coefficient (Wildman–Crippen LogP) is 5.55. The number of azide groups is 1. The van der Waals surface area contributed by atoms with E-state index in [1.807, 2.05) is 13.0 Å². The van der Waals surface area contributed by atoms with Gasteiger partial charge in [0.25, 0.3) is 5.91 Å². The maximum atomic E-state index is 13.9. The largest absolute Gasteiger partial charge is 0.381 e. The number of anilines is 1. The number of halogens is 2. The summed E-state index contributed by atoms with van der Waals surface area (Å²) in [5, 5.41) is 9.97. The molecule has 0 saturated carbocycles. The third-order valence-electron chi connectivity index (χ3n) is 5.84. The quantitative estimate of drug-likeness (QED) is 0.214. The number of nitrogens with zero attached hydrogens (tertiary/aromatic N) is 4. The molecule has 9 nitrogen and oxygen atoms in total. The van der Waals surface area contributed by atoms with Crippen LogP contribution >= 0.6 is 11.6 Å². The number of nitrogens with one attached hydrogen (secondary N) is 3. The van der Waals surface area contributed by atoms with Crippen LogP contribution in [0.4, 0.5) is 10.2 Å². The van der Waals surface area contributed by atoms with Gasteiger partial charge in [-0.05, 0) is 72.3 Å².